The number of H-pyrrole nitrogens is 1. The van der Waals surface area contributed by atoms with Gasteiger partial charge < -0.3 is 15.0 Å². The number of methoxy groups -OCH3 is 1. The number of nitrogens with one attached hydrogen (secondary N) is 2. The number of imidazole rings is 1. The van der Waals surface area contributed by atoms with Crippen LogP contribution in [0.4, 0.5) is 0 Å². The van der Waals surface area contributed by atoms with E-state index in [1.807, 2.05) is 0 Å². The molecule has 0 bridgehead atoms. The first-order valence-electron chi connectivity index (χ1n) is 5.78. The Bertz CT molecular complexity index is 545. The second-order valence-electron chi connectivity index (χ2n) is 4.46. The van der Waals surface area contributed by atoms with Gasteiger partial charge in [0.05, 0.1) is 33.2 Å². The molecule has 2 unspecified atom stereocenters. The largest absolute Gasteiger partial charge is 0.380 e. The summed E-state index contributed by atoms with van der Waals surface area (Å²) in [4.78, 5) is 7.83. The number of benzene rings is 1. The summed E-state index contributed by atoms with van der Waals surface area (Å²) in [6.07, 6.45) is 1.16. The SMILES string of the molecule is COC1CNC(c2nc3cc(Cl)c(Cl)cc3[nH]2)C1. The number of nitrogens with zero attached hydrogens (tertiary/aromatic N) is 1. The van der Waals surface area contributed by atoms with Crippen molar-refractivity contribution in [2.24, 2.45) is 0 Å². The molecule has 1 aromatic heterocycles. The van der Waals surface area contributed by atoms with Crippen molar-refractivity contribution in [3.63, 3.8) is 0 Å². The van der Waals surface area contributed by atoms with Crippen LogP contribution < -0.4 is 5.32 Å². The van der Waals surface area contributed by atoms with Crippen LogP contribution in [0, 0.1) is 0 Å². The minimum absolute atomic E-state index is 0.194. The van der Waals surface area contributed by atoms with Crippen molar-refractivity contribution in [2.45, 2.75) is 18.6 Å². The lowest BCUT2D eigenvalue weighted by Crippen LogP contribution is -2.16. The van der Waals surface area contributed by atoms with E-state index >= 15 is 0 Å². The molecule has 0 saturated carbocycles. The second kappa shape index (κ2) is 4.70. The molecule has 96 valence electrons. The van der Waals surface area contributed by atoms with Gasteiger partial charge in [0, 0.05) is 13.7 Å². The number of aromatic nitrogens is 2. The Morgan fingerprint density at radius 2 is 2.11 bits per heavy atom. The van der Waals surface area contributed by atoms with Gasteiger partial charge in [-0.25, -0.2) is 4.98 Å². The molecule has 2 heterocycles. The van der Waals surface area contributed by atoms with Crippen LogP contribution in [0.2, 0.25) is 10.0 Å². The molecular weight excluding hydrogens is 273 g/mol. The summed E-state index contributed by atoms with van der Waals surface area (Å²) in [5.74, 6) is 0.905. The normalized spacial score (nSPS) is 23.9. The number of fused-ring (bicyclic) bond motifs is 1. The molecule has 0 radical (unpaired) electrons. The van der Waals surface area contributed by atoms with Crippen LogP contribution in [-0.2, 0) is 4.74 Å². The summed E-state index contributed by atoms with van der Waals surface area (Å²) in [5.41, 5.74) is 1.74. The van der Waals surface area contributed by atoms with Gasteiger partial charge in [-0.1, -0.05) is 23.2 Å². The Hall–Kier alpha value is -0.810. The fraction of sp³-hybridized carbons (Fsp3) is 0.417. The maximum atomic E-state index is 5.99. The second-order valence-corrected chi connectivity index (χ2v) is 5.27. The van der Waals surface area contributed by atoms with E-state index in [1.54, 1.807) is 19.2 Å². The Kier molecular flexibility index (Phi) is 3.20. The lowest BCUT2D eigenvalue weighted by molar-refractivity contribution is 0.117. The lowest BCUT2D eigenvalue weighted by Gasteiger charge is -2.06. The molecule has 0 spiro atoms. The highest BCUT2D eigenvalue weighted by Gasteiger charge is 2.27. The van der Waals surface area contributed by atoms with Crippen molar-refractivity contribution in [1.29, 1.82) is 0 Å². The van der Waals surface area contributed by atoms with Crippen molar-refractivity contribution in [3.8, 4) is 0 Å². The molecule has 1 fully saturated rings. The van der Waals surface area contributed by atoms with Crippen LogP contribution in [0.1, 0.15) is 18.3 Å². The van der Waals surface area contributed by atoms with Gasteiger partial charge >= 0.3 is 0 Å². The molecule has 0 aliphatic carbocycles. The lowest BCUT2D eigenvalue weighted by atomic mass is 10.2. The third-order valence-electron chi connectivity index (χ3n) is 3.30. The van der Waals surface area contributed by atoms with Crippen LogP contribution in [0.5, 0.6) is 0 Å². The van der Waals surface area contributed by atoms with Crippen molar-refractivity contribution >= 4 is 34.2 Å². The van der Waals surface area contributed by atoms with E-state index in [9.17, 15) is 0 Å². The molecule has 18 heavy (non-hydrogen) atoms. The molecular formula is C12H13Cl2N3O. The molecule has 1 aliphatic heterocycles. The van der Waals surface area contributed by atoms with Crippen LogP contribution in [-0.4, -0.2) is 29.7 Å². The Morgan fingerprint density at radius 1 is 1.33 bits per heavy atom. The van der Waals surface area contributed by atoms with E-state index in [0.29, 0.717) is 10.0 Å². The molecule has 1 aliphatic rings. The minimum Gasteiger partial charge on any atom is -0.380 e. The molecule has 2 N–H and O–H groups in total. The van der Waals surface area contributed by atoms with Gasteiger partial charge in [-0.2, -0.15) is 0 Å². The molecule has 2 atom stereocenters. The first-order valence-corrected chi connectivity index (χ1v) is 6.54. The zero-order valence-electron chi connectivity index (χ0n) is 9.84. The zero-order chi connectivity index (χ0) is 12.7. The summed E-state index contributed by atoms with van der Waals surface area (Å²) >= 11 is 12.0. The van der Waals surface area contributed by atoms with Gasteiger partial charge in [-0.15, -0.1) is 0 Å². The van der Waals surface area contributed by atoms with Crippen LogP contribution in [0.25, 0.3) is 11.0 Å². The van der Waals surface area contributed by atoms with Crippen LogP contribution >= 0.6 is 23.2 Å². The number of hydrogen-bond acceptors (Lipinski definition) is 3. The highest BCUT2D eigenvalue weighted by molar-refractivity contribution is 6.42. The molecule has 1 aromatic carbocycles. The average molecular weight is 286 g/mol. The predicted molar refractivity (Wildman–Crippen MR) is 72.3 cm³/mol. The van der Waals surface area contributed by atoms with Crippen molar-refractivity contribution < 1.29 is 4.74 Å². The van der Waals surface area contributed by atoms with E-state index in [0.717, 1.165) is 29.8 Å². The molecule has 6 heteroatoms. The fourth-order valence-corrected chi connectivity index (χ4v) is 2.60. The highest BCUT2D eigenvalue weighted by Crippen LogP contribution is 2.29. The molecule has 1 saturated heterocycles. The molecule has 3 rings (SSSR count). The van der Waals surface area contributed by atoms with Crippen molar-refractivity contribution in [2.75, 3.05) is 13.7 Å². The van der Waals surface area contributed by atoms with Crippen LogP contribution in [0.3, 0.4) is 0 Å². The molecule has 4 nitrogen and oxygen atoms in total. The van der Waals surface area contributed by atoms with E-state index in [4.69, 9.17) is 27.9 Å². The third kappa shape index (κ3) is 2.10. The third-order valence-corrected chi connectivity index (χ3v) is 4.02. The Morgan fingerprint density at radius 3 is 2.83 bits per heavy atom. The van der Waals surface area contributed by atoms with Crippen molar-refractivity contribution in [1.82, 2.24) is 15.3 Å². The summed E-state index contributed by atoms with van der Waals surface area (Å²) in [6.45, 7) is 0.847. The number of halogens is 2. The predicted octanol–water partition coefficient (Wildman–Crippen LogP) is 2.92. The fourth-order valence-electron chi connectivity index (χ4n) is 2.28. The standard InChI is InChI=1S/C12H13Cl2N3O/c1-18-6-2-11(15-5-6)12-16-9-3-7(13)8(14)4-10(9)17-12/h3-4,6,11,15H,2,5H2,1H3,(H,16,17). The highest BCUT2D eigenvalue weighted by atomic mass is 35.5. The van der Waals surface area contributed by atoms with Gasteiger partial charge in [0.1, 0.15) is 5.82 Å². The average Bonchev–Trinajstić information content (AvgIpc) is 2.95. The van der Waals surface area contributed by atoms with Gasteiger partial charge in [0.15, 0.2) is 0 Å². The Labute approximate surface area is 115 Å². The van der Waals surface area contributed by atoms with Crippen LogP contribution in [0.15, 0.2) is 12.1 Å². The van der Waals surface area contributed by atoms with E-state index in [1.165, 1.54) is 0 Å². The van der Waals surface area contributed by atoms with Gasteiger partial charge in [0.25, 0.3) is 0 Å². The number of aromatic amines is 1. The Balaban J connectivity index is 1.94. The maximum absolute atomic E-state index is 5.99. The number of rotatable bonds is 2. The first kappa shape index (κ1) is 12.2. The molecule has 2 aromatic rings. The number of hydrogen-bond donors (Lipinski definition) is 2. The smallest absolute Gasteiger partial charge is 0.124 e. The van der Waals surface area contributed by atoms with Crippen molar-refractivity contribution in [3.05, 3.63) is 28.0 Å². The summed E-state index contributed by atoms with van der Waals surface area (Å²) in [6, 6.07) is 3.78. The van der Waals surface area contributed by atoms with E-state index < -0.39 is 0 Å². The number of ether oxygens (including phenoxy) is 1. The van der Waals surface area contributed by atoms with Gasteiger partial charge in [-0.3, -0.25) is 0 Å². The maximum Gasteiger partial charge on any atom is 0.124 e. The van der Waals surface area contributed by atoms with E-state index in [-0.39, 0.29) is 12.1 Å². The van der Waals surface area contributed by atoms with E-state index in [2.05, 4.69) is 15.3 Å². The quantitative estimate of drug-likeness (QED) is 0.892. The summed E-state index contributed by atoms with van der Waals surface area (Å²) in [5, 5.41) is 4.44. The summed E-state index contributed by atoms with van der Waals surface area (Å²) in [7, 11) is 1.73. The molecule has 0 amide bonds. The topological polar surface area (TPSA) is 49.9 Å². The van der Waals surface area contributed by atoms with Gasteiger partial charge in [-0.05, 0) is 18.6 Å². The summed E-state index contributed by atoms with van der Waals surface area (Å²) < 4.78 is 5.33. The zero-order valence-corrected chi connectivity index (χ0v) is 11.3. The van der Waals surface area contributed by atoms with Gasteiger partial charge in [0.2, 0.25) is 0 Å². The minimum atomic E-state index is 0.194. The first-order chi connectivity index (χ1) is 8.67. The monoisotopic (exact) mass is 285 g/mol.